The summed E-state index contributed by atoms with van der Waals surface area (Å²) < 4.78 is 0. The Morgan fingerprint density at radius 1 is 0.762 bits per heavy atom. The summed E-state index contributed by atoms with van der Waals surface area (Å²) in [6.45, 7) is 0. The Kier molecular flexibility index (Phi) is 15.1. The number of hydrogen-bond acceptors (Lipinski definition) is 2. The normalized spacial score (nSPS) is 11.8. The van der Waals surface area contributed by atoms with E-state index >= 15 is 0 Å². The average molecular weight is 291 g/mol. The van der Waals surface area contributed by atoms with E-state index in [1.54, 1.807) is 0 Å². The van der Waals surface area contributed by atoms with Crippen molar-refractivity contribution in [3.05, 3.63) is 36.5 Å². The number of carboxylic acid groups (broad SMARTS) is 1. The van der Waals surface area contributed by atoms with Crippen LogP contribution in [0.3, 0.4) is 0 Å². The first-order valence-corrected chi connectivity index (χ1v) is 7.93. The number of hydrogen-bond donors (Lipinski definition) is 2. The highest BCUT2D eigenvalue weighted by Crippen LogP contribution is 2.05. The topological polar surface area (TPSA) is 61.2 Å². The van der Waals surface area contributed by atoms with Crippen LogP contribution in [-0.2, 0) is 4.79 Å². The fourth-order valence-corrected chi connectivity index (χ4v) is 1.85. The van der Waals surface area contributed by atoms with E-state index in [1.807, 2.05) is 6.08 Å². The average Bonchev–Trinajstić information content (AvgIpc) is 2.46. The van der Waals surface area contributed by atoms with Crippen LogP contribution in [0.2, 0.25) is 0 Å². The van der Waals surface area contributed by atoms with E-state index in [2.05, 4.69) is 30.4 Å². The van der Waals surface area contributed by atoms with Gasteiger partial charge in [-0.1, -0.05) is 42.9 Å². The lowest BCUT2D eigenvalue weighted by molar-refractivity contribution is -0.137. The quantitative estimate of drug-likeness (QED) is 0.259. The highest BCUT2D eigenvalue weighted by atomic mass is 16.4. The molecule has 21 heavy (non-hydrogen) atoms. The molecule has 0 rings (SSSR count). The Hall–Kier alpha value is -1.64. The molecule has 0 aromatic heterocycles. The Bertz CT molecular complexity index is 343. The molecule has 0 saturated heterocycles. The Labute approximate surface area is 129 Å². The van der Waals surface area contributed by atoms with Gasteiger partial charge in [-0.05, 0) is 57.6 Å². The molecule has 0 aliphatic rings. The van der Waals surface area contributed by atoms with E-state index in [0.717, 1.165) is 57.8 Å². The van der Waals surface area contributed by atoms with E-state index in [0.29, 0.717) is 6.42 Å². The van der Waals surface area contributed by atoms with Crippen LogP contribution in [-0.4, -0.2) is 17.3 Å². The van der Waals surface area contributed by atoms with Gasteiger partial charge in [0, 0.05) is 6.42 Å². The van der Waals surface area contributed by atoms with Gasteiger partial charge in [-0.2, -0.15) is 0 Å². The molecule has 0 aromatic rings. The van der Waals surface area contributed by atoms with Crippen molar-refractivity contribution in [3.63, 3.8) is 0 Å². The summed E-state index contributed by atoms with van der Waals surface area (Å²) in [7, 11) is 0. The molecule has 0 bridgehead atoms. The third-order valence-corrected chi connectivity index (χ3v) is 3.02. The van der Waals surface area contributed by atoms with Crippen molar-refractivity contribution in [3.8, 4) is 0 Å². The molecule has 0 atom stereocenters. The maximum absolute atomic E-state index is 10.3. The minimum absolute atomic E-state index is 0.297. The largest absolute Gasteiger partial charge is 0.481 e. The minimum atomic E-state index is -0.692. The van der Waals surface area contributed by atoms with Gasteiger partial charge in [-0.3, -0.25) is 4.79 Å². The number of nitrogens with one attached hydrogen (secondary N) is 1. The van der Waals surface area contributed by atoms with Gasteiger partial charge in [-0.15, -0.1) is 0 Å². The van der Waals surface area contributed by atoms with E-state index in [9.17, 15) is 4.79 Å². The smallest absolute Gasteiger partial charge is 0.303 e. The molecule has 0 unspecified atom stereocenters. The van der Waals surface area contributed by atoms with Gasteiger partial charge < -0.3 is 10.5 Å². The van der Waals surface area contributed by atoms with Gasteiger partial charge in [0.1, 0.15) is 0 Å². The van der Waals surface area contributed by atoms with E-state index in [-0.39, 0.29) is 0 Å². The third-order valence-electron chi connectivity index (χ3n) is 3.02. The van der Waals surface area contributed by atoms with Crippen molar-refractivity contribution in [2.24, 2.45) is 0 Å². The zero-order valence-electron chi connectivity index (χ0n) is 13.0. The number of carboxylic acids is 1. The SMILES string of the molecule is N=CC/C=C\CC/C=C\CC/C=C\CCCCCC(=O)O. The minimum Gasteiger partial charge on any atom is -0.481 e. The maximum atomic E-state index is 10.3. The maximum Gasteiger partial charge on any atom is 0.303 e. The van der Waals surface area contributed by atoms with Gasteiger partial charge >= 0.3 is 5.97 Å². The molecule has 0 heterocycles. The number of allylic oxidation sites excluding steroid dienone is 6. The fraction of sp³-hybridized carbons (Fsp3) is 0.556. The van der Waals surface area contributed by atoms with Crippen LogP contribution in [0.4, 0.5) is 0 Å². The molecule has 2 N–H and O–H groups in total. The zero-order valence-corrected chi connectivity index (χ0v) is 13.0. The number of rotatable bonds is 14. The number of carbonyl (C=O) groups is 1. The molecule has 0 saturated carbocycles. The predicted molar refractivity (Wildman–Crippen MR) is 90.0 cm³/mol. The van der Waals surface area contributed by atoms with Crippen LogP contribution in [0.15, 0.2) is 36.5 Å². The van der Waals surface area contributed by atoms with Crippen molar-refractivity contribution >= 4 is 12.2 Å². The van der Waals surface area contributed by atoms with Crippen molar-refractivity contribution < 1.29 is 9.90 Å². The summed E-state index contributed by atoms with van der Waals surface area (Å²) in [4.78, 5) is 10.3. The van der Waals surface area contributed by atoms with Gasteiger partial charge in [0.25, 0.3) is 0 Å². The van der Waals surface area contributed by atoms with Gasteiger partial charge in [0.2, 0.25) is 0 Å². The molecule has 3 heteroatoms. The lowest BCUT2D eigenvalue weighted by atomic mass is 10.1. The predicted octanol–water partition coefficient (Wildman–Crippen LogP) is 5.29. The standard InChI is InChI=1S/C18H29NO2/c19-17-15-13-11-9-7-5-3-1-2-4-6-8-10-12-14-16-18(20)21/h3-6,11,13,17,19H,1-2,7-10,12,14-16H2,(H,20,21)/b5-3-,6-4-,13-11-,19-17?. The second-order valence-corrected chi connectivity index (χ2v) is 5.00. The molecule has 0 spiro atoms. The van der Waals surface area contributed by atoms with Crippen LogP contribution >= 0.6 is 0 Å². The lowest BCUT2D eigenvalue weighted by Gasteiger charge is -1.95. The van der Waals surface area contributed by atoms with Crippen molar-refractivity contribution in [2.75, 3.05) is 0 Å². The molecule has 118 valence electrons. The summed E-state index contributed by atoms with van der Waals surface area (Å²) in [5.41, 5.74) is 0. The number of aliphatic carboxylic acids is 1. The van der Waals surface area contributed by atoms with Gasteiger partial charge in [0.05, 0.1) is 0 Å². The Morgan fingerprint density at radius 2 is 1.29 bits per heavy atom. The van der Waals surface area contributed by atoms with E-state index in [4.69, 9.17) is 10.5 Å². The lowest BCUT2D eigenvalue weighted by Crippen LogP contribution is -1.93. The Morgan fingerprint density at radius 3 is 1.81 bits per heavy atom. The first kappa shape index (κ1) is 19.4. The van der Waals surface area contributed by atoms with Crippen LogP contribution in [0.1, 0.15) is 64.2 Å². The fourth-order valence-electron chi connectivity index (χ4n) is 1.85. The molecule has 3 nitrogen and oxygen atoms in total. The molecule has 0 aliphatic heterocycles. The summed E-state index contributed by atoms with van der Waals surface area (Å²) in [6, 6.07) is 0. The molecule has 0 aromatic carbocycles. The van der Waals surface area contributed by atoms with Crippen molar-refractivity contribution in [2.45, 2.75) is 64.2 Å². The van der Waals surface area contributed by atoms with E-state index in [1.165, 1.54) is 6.21 Å². The molecular weight excluding hydrogens is 262 g/mol. The monoisotopic (exact) mass is 291 g/mol. The van der Waals surface area contributed by atoms with Crippen LogP contribution < -0.4 is 0 Å². The Balaban J connectivity index is 3.27. The number of unbranched alkanes of at least 4 members (excludes halogenated alkanes) is 5. The van der Waals surface area contributed by atoms with Gasteiger partial charge in [-0.25, -0.2) is 0 Å². The molecule has 0 amide bonds. The second kappa shape index (κ2) is 16.4. The van der Waals surface area contributed by atoms with Crippen molar-refractivity contribution in [1.82, 2.24) is 0 Å². The third kappa shape index (κ3) is 18.4. The van der Waals surface area contributed by atoms with Gasteiger partial charge in [0.15, 0.2) is 0 Å². The highest BCUT2D eigenvalue weighted by molar-refractivity contribution is 5.66. The second-order valence-electron chi connectivity index (χ2n) is 5.00. The van der Waals surface area contributed by atoms with Crippen LogP contribution in [0, 0.1) is 5.41 Å². The van der Waals surface area contributed by atoms with E-state index < -0.39 is 5.97 Å². The first-order valence-electron chi connectivity index (χ1n) is 7.93. The molecular formula is C18H29NO2. The molecule has 0 fully saturated rings. The first-order chi connectivity index (χ1) is 10.3. The zero-order chi connectivity index (χ0) is 15.6. The summed E-state index contributed by atoms with van der Waals surface area (Å²) in [5, 5.41) is 15.4. The highest BCUT2D eigenvalue weighted by Gasteiger charge is 1.94. The van der Waals surface area contributed by atoms with Crippen LogP contribution in [0.5, 0.6) is 0 Å². The summed E-state index contributed by atoms with van der Waals surface area (Å²) in [5.74, 6) is -0.692. The summed E-state index contributed by atoms with van der Waals surface area (Å²) >= 11 is 0. The molecule has 0 aliphatic carbocycles. The van der Waals surface area contributed by atoms with Crippen LogP contribution in [0.25, 0.3) is 0 Å². The summed E-state index contributed by atoms with van der Waals surface area (Å²) in [6.07, 6.45) is 23.7. The molecule has 0 radical (unpaired) electrons. The van der Waals surface area contributed by atoms with Crippen molar-refractivity contribution in [1.29, 1.82) is 5.41 Å².